The van der Waals surface area contributed by atoms with E-state index in [0.29, 0.717) is 35.2 Å². The Morgan fingerprint density at radius 2 is 1.23 bits per heavy atom. The first-order valence-corrected chi connectivity index (χ1v) is 18.1. The molecule has 5 rings (SSSR count). The van der Waals surface area contributed by atoms with Gasteiger partial charge in [0.25, 0.3) is 0 Å². The summed E-state index contributed by atoms with van der Waals surface area (Å²) >= 11 is 0. The summed E-state index contributed by atoms with van der Waals surface area (Å²) in [6.07, 6.45) is 5.87. The molecule has 6 heteroatoms. The van der Waals surface area contributed by atoms with Crippen molar-refractivity contribution in [1.82, 2.24) is 0 Å². The fourth-order valence-electron chi connectivity index (χ4n) is 5.81. The lowest BCUT2D eigenvalue weighted by Crippen LogP contribution is -2.26. The fraction of sp³-hybridized carbons (Fsp3) is 0.239. The molecule has 0 amide bonds. The molecule has 0 bridgehead atoms. The number of hydrogen-bond acceptors (Lipinski definition) is 5. The molecule has 6 nitrogen and oxygen atoms in total. The molecule has 5 aromatic rings. The Hall–Kier alpha value is -5.75. The molecule has 1 N–H and O–H groups in total. The van der Waals surface area contributed by atoms with Crippen LogP contribution in [0.5, 0.6) is 11.5 Å². The van der Waals surface area contributed by atoms with E-state index in [2.05, 4.69) is 49.9 Å². The van der Waals surface area contributed by atoms with E-state index in [1.54, 1.807) is 19.1 Å². The number of hydrogen-bond donors (Lipinski definition) is 1. The fourth-order valence-corrected chi connectivity index (χ4v) is 5.81. The van der Waals surface area contributed by atoms with Gasteiger partial charge in [-0.15, -0.1) is 0 Å². The van der Waals surface area contributed by atoms with E-state index < -0.39 is 12.1 Å². The van der Waals surface area contributed by atoms with Crippen molar-refractivity contribution in [3.63, 3.8) is 0 Å². The number of phenols is 1. The molecule has 1 unspecified atom stereocenters. The Balaban J connectivity index is 1.34. The van der Waals surface area contributed by atoms with Crippen LogP contribution in [-0.4, -0.2) is 35.3 Å². The van der Waals surface area contributed by atoms with Crippen LogP contribution in [0.3, 0.4) is 0 Å². The van der Waals surface area contributed by atoms with Crippen LogP contribution in [0.25, 0.3) is 28.0 Å². The Kier molecular flexibility index (Phi) is 13.7. The summed E-state index contributed by atoms with van der Waals surface area (Å²) in [5.41, 5.74) is 7.72. The summed E-state index contributed by atoms with van der Waals surface area (Å²) in [4.78, 5) is 22.4. The zero-order valence-corrected chi connectivity index (χ0v) is 30.4. The molecule has 0 saturated carbocycles. The average molecular weight is 693 g/mol. The van der Waals surface area contributed by atoms with Gasteiger partial charge in [-0.1, -0.05) is 155 Å². The number of unbranched alkanes of at least 4 members (excludes halogenated alkanes) is 5. The number of carbonyl (C=O) groups is 1. The maximum absolute atomic E-state index is 12.5. The number of rotatable bonds is 16. The van der Waals surface area contributed by atoms with Crippen LogP contribution in [0.1, 0.15) is 76.0 Å². The molecule has 0 fully saturated rings. The van der Waals surface area contributed by atoms with Crippen molar-refractivity contribution in [2.24, 2.45) is 9.98 Å². The lowest BCUT2D eigenvalue weighted by Gasteiger charge is -2.15. The SMILES string of the molecule is C=C(N=C(N=C(C)c1ccc(OC(C)C(=O)OCCCCCCCC)cc1O)c1ccc(-c2ccccc2)cc1)c1ccc(-c2ccccc2)cc1. The smallest absolute Gasteiger partial charge is 0.347 e. The van der Waals surface area contributed by atoms with E-state index in [-0.39, 0.29) is 5.75 Å². The Labute approximate surface area is 308 Å². The maximum atomic E-state index is 12.5. The van der Waals surface area contributed by atoms with Gasteiger partial charge in [-0.05, 0) is 60.2 Å². The van der Waals surface area contributed by atoms with Crippen LogP contribution in [0.15, 0.2) is 144 Å². The minimum Gasteiger partial charge on any atom is -0.507 e. The number of aromatic hydroxyl groups is 1. The molecule has 52 heavy (non-hydrogen) atoms. The minimum absolute atomic E-state index is 0.0273. The number of amidine groups is 1. The number of phenolic OH excluding ortho intramolecular Hbond substituents is 1. The molecular weight excluding hydrogens is 645 g/mol. The number of ether oxygens (including phenoxy) is 2. The van der Waals surface area contributed by atoms with Crippen molar-refractivity contribution in [2.75, 3.05) is 6.61 Å². The summed E-state index contributed by atoms with van der Waals surface area (Å²) in [5, 5.41) is 11.1. The van der Waals surface area contributed by atoms with Crippen molar-refractivity contribution >= 4 is 23.2 Å². The van der Waals surface area contributed by atoms with Crippen LogP contribution in [0.4, 0.5) is 0 Å². The van der Waals surface area contributed by atoms with Crippen LogP contribution in [-0.2, 0) is 9.53 Å². The van der Waals surface area contributed by atoms with Gasteiger partial charge in [0.15, 0.2) is 11.9 Å². The van der Waals surface area contributed by atoms with Crippen molar-refractivity contribution in [1.29, 1.82) is 0 Å². The van der Waals surface area contributed by atoms with Crippen molar-refractivity contribution in [3.8, 4) is 33.8 Å². The molecule has 0 saturated heterocycles. The van der Waals surface area contributed by atoms with E-state index in [1.165, 1.54) is 25.3 Å². The monoisotopic (exact) mass is 692 g/mol. The first-order valence-electron chi connectivity index (χ1n) is 18.1. The molecule has 0 aromatic heterocycles. The van der Waals surface area contributed by atoms with E-state index >= 15 is 0 Å². The quantitative estimate of drug-likeness (QED) is 0.0483. The zero-order chi connectivity index (χ0) is 36.7. The highest BCUT2D eigenvalue weighted by molar-refractivity contribution is 6.13. The van der Waals surface area contributed by atoms with Crippen molar-refractivity contribution in [2.45, 2.75) is 65.4 Å². The summed E-state index contributed by atoms with van der Waals surface area (Å²) in [6, 6.07) is 41.5. The summed E-state index contributed by atoms with van der Waals surface area (Å²) in [6.45, 7) is 10.3. The van der Waals surface area contributed by atoms with E-state index in [9.17, 15) is 9.90 Å². The van der Waals surface area contributed by atoms with E-state index in [1.807, 2.05) is 79.7 Å². The molecule has 5 aromatic carbocycles. The third-order valence-electron chi connectivity index (χ3n) is 8.84. The molecule has 0 radical (unpaired) electrons. The van der Waals surface area contributed by atoms with Crippen molar-refractivity contribution in [3.05, 3.63) is 151 Å². The second kappa shape index (κ2) is 19.0. The Morgan fingerprint density at radius 3 is 1.81 bits per heavy atom. The summed E-state index contributed by atoms with van der Waals surface area (Å²) < 4.78 is 11.2. The van der Waals surface area contributed by atoms with Gasteiger partial charge in [0.05, 0.1) is 18.0 Å². The van der Waals surface area contributed by atoms with Crippen molar-refractivity contribution < 1.29 is 19.4 Å². The Morgan fingerprint density at radius 1 is 0.692 bits per heavy atom. The van der Waals surface area contributed by atoms with Gasteiger partial charge in [0.2, 0.25) is 0 Å². The van der Waals surface area contributed by atoms with Gasteiger partial charge in [0, 0.05) is 17.2 Å². The topological polar surface area (TPSA) is 80.5 Å². The molecule has 0 aliphatic rings. The van der Waals surface area contributed by atoms with Gasteiger partial charge in [-0.2, -0.15) is 0 Å². The molecule has 0 spiro atoms. The summed E-state index contributed by atoms with van der Waals surface area (Å²) in [7, 11) is 0. The van der Waals surface area contributed by atoms with Gasteiger partial charge in [-0.3, -0.25) is 0 Å². The third kappa shape index (κ3) is 10.6. The lowest BCUT2D eigenvalue weighted by molar-refractivity contribution is -0.151. The second-order valence-corrected chi connectivity index (χ2v) is 12.8. The van der Waals surface area contributed by atoms with Gasteiger partial charge in [-0.25, -0.2) is 14.8 Å². The number of benzene rings is 5. The normalized spacial score (nSPS) is 12.3. The van der Waals surface area contributed by atoms with E-state index in [4.69, 9.17) is 19.5 Å². The van der Waals surface area contributed by atoms with Crippen LogP contribution >= 0.6 is 0 Å². The van der Waals surface area contributed by atoms with Crippen LogP contribution < -0.4 is 4.74 Å². The lowest BCUT2D eigenvalue weighted by atomic mass is 10.0. The zero-order valence-electron chi connectivity index (χ0n) is 30.4. The first kappa shape index (κ1) is 37.5. The number of esters is 1. The summed E-state index contributed by atoms with van der Waals surface area (Å²) in [5.74, 6) is 0.357. The highest BCUT2D eigenvalue weighted by Gasteiger charge is 2.18. The number of carbonyl (C=O) groups excluding carboxylic acids is 1. The maximum Gasteiger partial charge on any atom is 0.347 e. The highest BCUT2D eigenvalue weighted by Crippen LogP contribution is 2.27. The molecule has 0 heterocycles. The Bertz CT molecular complexity index is 1970. The van der Waals surface area contributed by atoms with Crippen LogP contribution in [0, 0.1) is 0 Å². The highest BCUT2D eigenvalue weighted by atomic mass is 16.6. The standard InChI is InChI=1S/C46H48N2O4/c1-5-6-7-8-9-16-31-51-46(50)35(4)52-42-29-30-43(44(49)32-42)34(3)48-45(41-27-25-40(26-28-41)38-19-14-11-15-20-38)47-33(2)36-21-23-39(24-22-36)37-17-12-10-13-18-37/h10-15,17-30,32,35,49H,2,5-9,16,31H2,1,3-4H3. The molecule has 0 aliphatic heterocycles. The molecular formula is C46H48N2O4. The molecule has 266 valence electrons. The van der Waals surface area contributed by atoms with E-state index in [0.717, 1.165) is 52.6 Å². The molecule has 1 atom stereocenters. The predicted molar refractivity (Wildman–Crippen MR) is 214 cm³/mol. The molecule has 0 aliphatic carbocycles. The third-order valence-corrected chi connectivity index (χ3v) is 8.84. The average Bonchev–Trinajstić information content (AvgIpc) is 3.18. The number of aliphatic imine (C=N–C) groups is 2. The predicted octanol–water partition coefficient (Wildman–Crippen LogP) is 11.3. The second-order valence-electron chi connectivity index (χ2n) is 12.8. The largest absolute Gasteiger partial charge is 0.507 e. The number of nitrogens with zero attached hydrogens (tertiary/aromatic N) is 2. The van der Waals surface area contributed by atoms with Gasteiger partial charge >= 0.3 is 5.97 Å². The minimum atomic E-state index is -0.814. The van der Waals surface area contributed by atoms with Gasteiger partial charge in [0.1, 0.15) is 11.5 Å². The van der Waals surface area contributed by atoms with Gasteiger partial charge < -0.3 is 14.6 Å². The first-order chi connectivity index (χ1) is 25.3. The van der Waals surface area contributed by atoms with Crippen LogP contribution in [0.2, 0.25) is 0 Å².